The maximum atomic E-state index is 12.1. The number of rotatable bonds is 5. The van der Waals surface area contributed by atoms with Gasteiger partial charge in [-0.15, -0.1) is 24.8 Å². The summed E-state index contributed by atoms with van der Waals surface area (Å²) >= 11 is 0. The number of halogens is 2. The van der Waals surface area contributed by atoms with Gasteiger partial charge < -0.3 is 15.5 Å². The van der Waals surface area contributed by atoms with Crippen molar-refractivity contribution in [1.29, 1.82) is 0 Å². The Morgan fingerprint density at radius 3 is 2.53 bits per heavy atom. The molecule has 1 fully saturated rings. The van der Waals surface area contributed by atoms with Crippen molar-refractivity contribution in [3.8, 4) is 0 Å². The minimum absolute atomic E-state index is 0. The number of hydrogen-bond donors (Lipinski definition) is 2. The molecule has 0 spiro atoms. The van der Waals surface area contributed by atoms with Crippen molar-refractivity contribution in [2.75, 3.05) is 33.2 Å². The lowest BCUT2D eigenvalue weighted by Crippen LogP contribution is -2.50. The van der Waals surface area contributed by atoms with Crippen molar-refractivity contribution in [3.63, 3.8) is 0 Å². The number of nitrogens with zero attached hydrogens (tertiary/aromatic N) is 1. The fourth-order valence-electron chi connectivity index (χ4n) is 2.07. The van der Waals surface area contributed by atoms with Gasteiger partial charge in [0.2, 0.25) is 5.91 Å². The first kappa shape index (κ1) is 21.3. The third-order valence-corrected chi connectivity index (χ3v) is 3.78. The Labute approximate surface area is 129 Å². The highest BCUT2D eigenvalue weighted by atomic mass is 35.5. The fourth-order valence-corrected chi connectivity index (χ4v) is 2.07. The molecule has 116 valence electrons. The highest BCUT2D eigenvalue weighted by Crippen LogP contribution is 2.25. The average molecular weight is 314 g/mol. The van der Waals surface area contributed by atoms with Crippen molar-refractivity contribution in [2.24, 2.45) is 5.41 Å². The summed E-state index contributed by atoms with van der Waals surface area (Å²) in [7, 11) is 2.08. The number of carbonyl (C=O) groups is 1. The standard InChI is InChI=1S/C13H27N3O.2ClH/c1-11(2)16(4)9-8-15-12(17)13(3)6-5-7-14-10-13;;/h11,14H,5-10H2,1-4H3,(H,15,17);2*1H. The van der Waals surface area contributed by atoms with Gasteiger partial charge in [-0.1, -0.05) is 0 Å². The molecule has 19 heavy (non-hydrogen) atoms. The average Bonchev–Trinajstić information content (AvgIpc) is 2.29. The van der Waals surface area contributed by atoms with Crippen LogP contribution in [0, 0.1) is 5.41 Å². The third-order valence-electron chi connectivity index (χ3n) is 3.78. The van der Waals surface area contributed by atoms with E-state index in [0.29, 0.717) is 6.04 Å². The Bertz CT molecular complexity index is 256. The van der Waals surface area contributed by atoms with E-state index in [9.17, 15) is 4.79 Å². The number of piperidine rings is 1. The Morgan fingerprint density at radius 1 is 1.42 bits per heavy atom. The van der Waals surface area contributed by atoms with E-state index in [2.05, 4.69) is 43.4 Å². The number of nitrogens with one attached hydrogen (secondary N) is 2. The summed E-state index contributed by atoms with van der Waals surface area (Å²) in [5, 5.41) is 6.36. The van der Waals surface area contributed by atoms with Gasteiger partial charge in [0.1, 0.15) is 0 Å². The molecule has 0 bridgehead atoms. The normalized spacial score (nSPS) is 22.6. The van der Waals surface area contributed by atoms with Crippen LogP contribution in [-0.4, -0.2) is 50.1 Å². The molecule has 0 aliphatic carbocycles. The molecule has 6 heteroatoms. The summed E-state index contributed by atoms with van der Waals surface area (Å²) in [6.45, 7) is 9.87. The maximum absolute atomic E-state index is 12.1. The Kier molecular flexibility index (Phi) is 11.0. The molecule has 0 aromatic heterocycles. The van der Waals surface area contributed by atoms with E-state index in [1.165, 1.54) is 0 Å². The molecule has 0 aromatic carbocycles. The Hall–Kier alpha value is -0.0300. The molecule has 1 amide bonds. The van der Waals surface area contributed by atoms with E-state index in [1.54, 1.807) is 0 Å². The first-order valence-electron chi connectivity index (χ1n) is 6.65. The van der Waals surface area contributed by atoms with Crippen molar-refractivity contribution in [3.05, 3.63) is 0 Å². The van der Waals surface area contributed by atoms with Gasteiger partial charge in [-0.05, 0) is 47.2 Å². The minimum atomic E-state index is -0.214. The minimum Gasteiger partial charge on any atom is -0.354 e. The second kappa shape index (κ2) is 9.81. The summed E-state index contributed by atoms with van der Waals surface area (Å²) in [6, 6.07) is 0.527. The van der Waals surface area contributed by atoms with Gasteiger partial charge in [-0.25, -0.2) is 0 Å². The molecular weight excluding hydrogens is 285 g/mol. The molecule has 1 unspecified atom stereocenters. The first-order chi connectivity index (χ1) is 7.96. The van der Waals surface area contributed by atoms with Crippen molar-refractivity contribution >= 4 is 30.7 Å². The van der Waals surface area contributed by atoms with Crippen LogP contribution >= 0.6 is 24.8 Å². The topological polar surface area (TPSA) is 44.4 Å². The van der Waals surface area contributed by atoms with Crippen molar-refractivity contribution in [2.45, 2.75) is 39.7 Å². The van der Waals surface area contributed by atoms with Crippen LogP contribution in [0.15, 0.2) is 0 Å². The summed E-state index contributed by atoms with van der Waals surface area (Å²) in [5.41, 5.74) is -0.214. The van der Waals surface area contributed by atoms with Crippen LogP contribution in [-0.2, 0) is 4.79 Å². The van der Waals surface area contributed by atoms with Crippen molar-refractivity contribution < 1.29 is 4.79 Å². The van der Waals surface area contributed by atoms with Crippen molar-refractivity contribution in [1.82, 2.24) is 15.5 Å². The number of amides is 1. The van der Waals surface area contributed by atoms with Crippen LogP contribution in [0.25, 0.3) is 0 Å². The summed E-state index contributed by atoms with van der Waals surface area (Å²) in [6.07, 6.45) is 2.08. The van der Waals surface area contributed by atoms with E-state index >= 15 is 0 Å². The molecule has 1 rings (SSSR count). The molecule has 2 N–H and O–H groups in total. The lowest BCUT2D eigenvalue weighted by Gasteiger charge is -2.33. The Morgan fingerprint density at radius 2 is 2.05 bits per heavy atom. The second-order valence-electron chi connectivity index (χ2n) is 5.67. The Balaban J connectivity index is 0. The molecular formula is C13H29Cl2N3O. The summed E-state index contributed by atoms with van der Waals surface area (Å²) in [4.78, 5) is 14.3. The molecule has 1 atom stereocenters. The smallest absolute Gasteiger partial charge is 0.227 e. The van der Waals surface area contributed by atoms with Crippen LogP contribution in [0.2, 0.25) is 0 Å². The van der Waals surface area contributed by atoms with Gasteiger partial charge in [-0.2, -0.15) is 0 Å². The van der Waals surface area contributed by atoms with Crippen LogP contribution < -0.4 is 10.6 Å². The maximum Gasteiger partial charge on any atom is 0.227 e. The van der Waals surface area contributed by atoms with E-state index in [0.717, 1.165) is 39.0 Å². The molecule has 1 saturated heterocycles. The monoisotopic (exact) mass is 313 g/mol. The first-order valence-corrected chi connectivity index (χ1v) is 6.65. The van der Waals surface area contributed by atoms with Gasteiger partial charge in [0.25, 0.3) is 0 Å². The van der Waals surface area contributed by atoms with Crippen LogP contribution in [0.3, 0.4) is 0 Å². The lowest BCUT2D eigenvalue weighted by molar-refractivity contribution is -0.131. The molecule has 1 aliphatic heterocycles. The molecule has 4 nitrogen and oxygen atoms in total. The molecule has 0 saturated carbocycles. The molecule has 1 heterocycles. The van der Waals surface area contributed by atoms with E-state index in [4.69, 9.17) is 0 Å². The number of likely N-dealkylation sites (N-methyl/N-ethyl adjacent to an activating group) is 1. The zero-order chi connectivity index (χ0) is 12.9. The van der Waals surface area contributed by atoms with Crippen LogP contribution in [0.5, 0.6) is 0 Å². The second-order valence-corrected chi connectivity index (χ2v) is 5.67. The van der Waals surface area contributed by atoms with E-state index in [1.807, 2.05) is 0 Å². The molecule has 1 aliphatic rings. The molecule has 0 radical (unpaired) electrons. The highest BCUT2D eigenvalue weighted by Gasteiger charge is 2.34. The van der Waals surface area contributed by atoms with E-state index < -0.39 is 0 Å². The van der Waals surface area contributed by atoms with Crippen LogP contribution in [0.1, 0.15) is 33.6 Å². The third kappa shape index (κ3) is 6.80. The van der Waals surface area contributed by atoms with Gasteiger partial charge in [-0.3, -0.25) is 4.79 Å². The fraction of sp³-hybridized carbons (Fsp3) is 0.923. The summed E-state index contributed by atoms with van der Waals surface area (Å²) in [5.74, 6) is 0.196. The van der Waals surface area contributed by atoms with Gasteiger partial charge in [0, 0.05) is 25.7 Å². The van der Waals surface area contributed by atoms with Crippen LogP contribution in [0.4, 0.5) is 0 Å². The zero-order valence-corrected chi connectivity index (χ0v) is 14.1. The SMILES string of the molecule is CC(C)N(C)CCNC(=O)C1(C)CCCNC1.Cl.Cl. The van der Waals surface area contributed by atoms with Gasteiger partial charge in [0.05, 0.1) is 5.41 Å². The predicted octanol–water partition coefficient (Wildman–Crippen LogP) is 1.68. The quantitative estimate of drug-likeness (QED) is 0.811. The predicted molar refractivity (Wildman–Crippen MR) is 85.5 cm³/mol. The van der Waals surface area contributed by atoms with Gasteiger partial charge >= 0.3 is 0 Å². The highest BCUT2D eigenvalue weighted by molar-refractivity contribution is 5.85. The summed E-state index contributed by atoms with van der Waals surface area (Å²) < 4.78 is 0. The molecule has 0 aromatic rings. The lowest BCUT2D eigenvalue weighted by atomic mass is 9.82. The largest absolute Gasteiger partial charge is 0.354 e. The number of carbonyl (C=O) groups excluding carboxylic acids is 1. The zero-order valence-electron chi connectivity index (χ0n) is 12.5. The number of hydrogen-bond acceptors (Lipinski definition) is 3. The van der Waals surface area contributed by atoms with Gasteiger partial charge in [0.15, 0.2) is 0 Å². The van der Waals surface area contributed by atoms with E-state index in [-0.39, 0.29) is 36.1 Å².